The molecule has 0 spiro atoms. The van der Waals surface area contributed by atoms with Gasteiger partial charge in [0.15, 0.2) is 11.5 Å². The van der Waals surface area contributed by atoms with Crippen LogP contribution < -0.4 is 20.5 Å². The molecule has 0 saturated heterocycles. The van der Waals surface area contributed by atoms with Crippen molar-refractivity contribution in [2.24, 2.45) is 0 Å². The van der Waals surface area contributed by atoms with E-state index < -0.39 is 0 Å². The molecule has 0 aliphatic carbocycles. The fourth-order valence-corrected chi connectivity index (χ4v) is 3.08. The first-order chi connectivity index (χ1) is 11.7. The van der Waals surface area contributed by atoms with E-state index in [2.05, 4.69) is 10.3 Å². The van der Waals surface area contributed by atoms with E-state index in [0.717, 1.165) is 22.8 Å². The Labute approximate surface area is 156 Å². The third-order valence-electron chi connectivity index (χ3n) is 3.39. The van der Waals surface area contributed by atoms with Gasteiger partial charge >= 0.3 is 0 Å². The fourth-order valence-electron chi connectivity index (χ4n) is 2.20. The highest BCUT2D eigenvalue weighted by molar-refractivity contribution is 7.99. The highest BCUT2D eigenvalue weighted by Gasteiger charge is 2.11. The lowest BCUT2D eigenvalue weighted by Gasteiger charge is -2.09. The average molecular weight is 382 g/mol. The summed E-state index contributed by atoms with van der Waals surface area (Å²) >= 11 is 1.61. The second-order valence-corrected chi connectivity index (χ2v) is 6.45. The monoisotopic (exact) mass is 381 g/mol. The van der Waals surface area contributed by atoms with Crippen molar-refractivity contribution in [1.82, 2.24) is 4.98 Å². The molecule has 0 atom stereocenters. The molecular formula is C17H20ClN3O3S. The normalized spacial score (nSPS) is 12.6. The highest BCUT2D eigenvalue weighted by Crippen LogP contribution is 2.34. The number of fused-ring (bicyclic) bond motifs is 1. The minimum atomic E-state index is -0.0524. The third kappa shape index (κ3) is 5.72. The van der Waals surface area contributed by atoms with Gasteiger partial charge in [0.2, 0.25) is 5.91 Å². The summed E-state index contributed by atoms with van der Waals surface area (Å²) in [5.41, 5.74) is 6.16. The minimum Gasteiger partial charge on any atom is -0.490 e. The molecule has 2 aromatic rings. The first kappa shape index (κ1) is 19.2. The first-order valence-electron chi connectivity index (χ1n) is 7.74. The van der Waals surface area contributed by atoms with E-state index in [1.807, 2.05) is 18.2 Å². The Kier molecular flexibility index (Phi) is 7.21. The van der Waals surface area contributed by atoms with Crippen LogP contribution in [0.25, 0.3) is 0 Å². The van der Waals surface area contributed by atoms with Crippen molar-refractivity contribution in [3.8, 4) is 11.5 Å². The zero-order valence-corrected chi connectivity index (χ0v) is 15.2. The molecule has 6 nitrogen and oxygen atoms in total. The summed E-state index contributed by atoms with van der Waals surface area (Å²) in [5.74, 6) is 2.61. The molecule has 1 aromatic carbocycles. The van der Waals surface area contributed by atoms with Crippen LogP contribution in [0.3, 0.4) is 0 Å². The van der Waals surface area contributed by atoms with Crippen LogP contribution in [0.2, 0.25) is 0 Å². The summed E-state index contributed by atoms with van der Waals surface area (Å²) in [6.45, 7) is 1.35. The molecule has 1 aliphatic heterocycles. The van der Waals surface area contributed by atoms with Gasteiger partial charge in [-0.1, -0.05) is 0 Å². The number of anilines is 2. The quantitative estimate of drug-likeness (QED) is 0.772. The molecule has 1 amide bonds. The number of benzene rings is 1. The number of ether oxygens (including phenoxy) is 2. The summed E-state index contributed by atoms with van der Waals surface area (Å²) in [7, 11) is 0. The summed E-state index contributed by atoms with van der Waals surface area (Å²) in [6, 6.07) is 9.26. The van der Waals surface area contributed by atoms with Crippen molar-refractivity contribution >= 4 is 41.6 Å². The number of amides is 1. The molecular weight excluding hydrogens is 362 g/mol. The standard InChI is InChI=1S/C17H19N3O3S.ClH/c18-16-5-2-12(11-19-16)20-17(21)6-9-24-13-3-4-14-15(10-13)23-8-1-7-22-14;/h2-5,10-11H,1,6-9H2,(H2,18,19)(H,20,21);1H. The first-order valence-corrected chi connectivity index (χ1v) is 8.73. The number of nitrogens with one attached hydrogen (secondary N) is 1. The Morgan fingerprint density at radius 3 is 2.76 bits per heavy atom. The minimum absolute atomic E-state index is 0. The molecule has 25 heavy (non-hydrogen) atoms. The second kappa shape index (κ2) is 9.39. The van der Waals surface area contributed by atoms with Crippen LogP contribution in [0.15, 0.2) is 41.4 Å². The van der Waals surface area contributed by atoms with Crippen molar-refractivity contribution in [3.63, 3.8) is 0 Å². The Morgan fingerprint density at radius 2 is 2.00 bits per heavy atom. The lowest BCUT2D eigenvalue weighted by atomic mass is 10.3. The number of nitrogens with zero attached hydrogens (tertiary/aromatic N) is 1. The van der Waals surface area contributed by atoms with E-state index in [4.69, 9.17) is 15.2 Å². The van der Waals surface area contributed by atoms with Crippen LogP contribution >= 0.6 is 24.2 Å². The predicted molar refractivity (Wildman–Crippen MR) is 102 cm³/mol. The fraction of sp³-hybridized carbons (Fsp3) is 0.294. The van der Waals surface area contributed by atoms with E-state index in [1.54, 1.807) is 30.1 Å². The van der Waals surface area contributed by atoms with Crippen LogP contribution in [0.1, 0.15) is 12.8 Å². The van der Waals surface area contributed by atoms with E-state index in [1.165, 1.54) is 0 Å². The Bertz CT molecular complexity index is 713. The maximum atomic E-state index is 11.9. The van der Waals surface area contributed by atoms with Crippen LogP contribution in [-0.4, -0.2) is 29.9 Å². The molecule has 0 saturated carbocycles. The van der Waals surface area contributed by atoms with Gasteiger partial charge in [-0.05, 0) is 30.3 Å². The van der Waals surface area contributed by atoms with Crippen molar-refractivity contribution in [2.75, 3.05) is 30.0 Å². The van der Waals surface area contributed by atoms with Gasteiger partial charge in [-0.25, -0.2) is 4.98 Å². The molecule has 0 bridgehead atoms. The average Bonchev–Trinajstić information content (AvgIpc) is 2.82. The van der Waals surface area contributed by atoms with Gasteiger partial charge in [-0.15, -0.1) is 24.2 Å². The molecule has 8 heteroatoms. The number of nitrogen functional groups attached to an aromatic ring is 1. The number of carbonyl (C=O) groups excluding carboxylic acids is 1. The number of hydrogen-bond donors (Lipinski definition) is 2. The van der Waals surface area contributed by atoms with Gasteiger partial charge in [-0.3, -0.25) is 4.79 Å². The molecule has 0 radical (unpaired) electrons. The van der Waals surface area contributed by atoms with E-state index in [9.17, 15) is 4.79 Å². The van der Waals surface area contributed by atoms with Gasteiger partial charge < -0.3 is 20.5 Å². The van der Waals surface area contributed by atoms with Crippen LogP contribution in [-0.2, 0) is 4.79 Å². The number of aromatic nitrogens is 1. The maximum absolute atomic E-state index is 11.9. The van der Waals surface area contributed by atoms with Crippen LogP contribution in [0.5, 0.6) is 11.5 Å². The molecule has 2 heterocycles. The predicted octanol–water partition coefficient (Wildman–Crippen LogP) is 3.37. The smallest absolute Gasteiger partial charge is 0.225 e. The highest BCUT2D eigenvalue weighted by atomic mass is 35.5. The van der Waals surface area contributed by atoms with Crippen molar-refractivity contribution < 1.29 is 14.3 Å². The zero-order valence-electron chi connectivity index (χ0n) is 13.6. The lowest BCUT2D eigenvalue weighted by molar-refractivity contribution is -0.115. The van der Waals surface area contributed by atoms with E-state index in [0.29, 0.717) is 36.9 Å². The Balaban J connectivity index is 0.00000225. The molecule has 1 aromatic heterocycles. The zero-order chi connectivity index (χ0) is 16.8. The van der Waals surface area contributed by atoms with E-state index in [-0.39, 0.29) is 18.3 Å². The number of hydrogen-bond acceptors (Lipinski definition) is 6. The summed E-state index contributed by atoms with van der Waals surface area (Å²) < 4.78 is 11.3. The number of nitrogens with two attached hydrogens (primary N) is 1. The number of thioether (sulfide) groups is 1. The second-order valence-electron chi connectivity index (χ2n) is 5.28. The van der Waals surface area contributed by atoms with E-state index >= 15 is 0 Å². The molecule has 0 fully saturated rings. The largest absolute Gasteiger partial charge is 0.490 e. The number of pyridine rings is 1. The van der Waals surface area contributed by atoms with Gasteiger partial charge in [0.1, 0.15) is 5.82 Å². The molecule has 3 rings (SSSR count). The molecule has 3 N–H and O–H groups in total. The molecule has 134 valence electrons. The summed E-state index contributed by atoms with van der Waals surface area (Å²) in [6.07, 6.45) is 2.84. The van der Waals surface area contributed by atoms with Gasteiger partial charge in [0, 0.05) is 23.5 Å². The van der Waals surface area contributed by atoms with Gasteiger partial charge in [0.05, 0.1) is 25.1 Å². The van der Waals surface area contributed by atoms with Crippen molar-refractivity contribution in [3.05, 3.63) is 36.5 Å². The van der Waals surface area contributed by atoms with Crippen molar-refractivity contribution in [1.29, 1.82) is 0 Å². The SMILES string of the molecule is Cl.Nc1ccc(NC(=O)CCSc2ccc3c(c2)OCCCO3)cn1. The lowest BCUT2D eigenvalue weighted by Crippen LogP contribution is -2.12. The number of rotatable bonds is 5. The Morgan fingerprint density at radius 1 is 1.20 bits per heavy atom. The van der Waals surface area contributed by atoms with Crippen molar-refractivity contribution in [2.45, 2.75) is 17.7 Å². The topological polar surface area (TPSA) is 86.5 Å². The number of halogens is 1. The third-order valence-corrected chi connectivity index (χ3v) is 4.38. The van der Waals surface area contributed by atoms with Gasteiger partial charge in [-0.2, -0.15) is 0 Å². The maximum Gasteiger partial charge on any atom is 0.225 e. The molecule has 0 unspecified atom stereocenters. The van der Waals surface area contributed by atoms with Crippen LogP contribution in [0.4, 0.5) is 11.5 Å². The molecule has 1 aliphatic rings. The number of carbonyl (C=O) groups is 1. The van der Waals surface area contributed by atoms with Crippen LogP contribution in [0, 0.1) is 0 Å². The van der Waals surface area contributed by atoms with Gasteiger partial charge in [0.25, 0.3) is 0 Å². The summed E-state index contributed by atoms with van der Waals surface area (Å²) in [4.78, 5) is 16.9. The Hall–Kier alpha value is -2.12. The summed E-state index contributed by atoms with van der Waals surface area (Å²) in [5, 5.41) is 2.80.